The van der Waals surface area contributed by atoms with Gasteiger partial charge in [-0.1, -0.05) is 11.6 Å². The molecule has 2 heterocycles. The summed E-state index contributed by atoms with van der Waals surface area (Å²) in [6.07, 6.45) is -1.42. The Morgan fingerprint density at radius 1 is 1.14 bits per heavy atom. The lowest BCUT2D eigenvalue weighted by molar-refractivity contribution is -0.137. The van der Waals surface area contributed by atoms with Gasteiger partial charge in [-0.15, -0.1) is 0 Å². The molecule has 0 atom stereocenters. The first-order valence-corrected chi connectivity index (χ1v) is 8.03. The van der Waals surface area contributed by atoms with Gasteiger partial charge < -0.3 is 10.1 Å². The predicted octanol–water partition coefficient (Wildman–Crippen LogP) is 5.33. The number of pyridine rings is 2. The van der Waals surface area contributed by atoms with Crippen molar-refractivity contribution in [2.75, 3.05) is 5.32 Å². The minimum absolute atomic E-state index is 0.0780. The van der Waals surface area contributed by atoms with E-state index in [1.54, 1.807) is 0 Å². The van der Waals surface area contributed by atoms with E-state index in [1.807, 2.05) is 0 Å². The topological polar surface area (TPSA) is 64.1 Å². The number of nitrogens with one attached hydrogen (secondary N) is 1. The molecule has 5 nitrogen and oxygen atoms in total. The minimum Gasteiger partial charge on any atom is -0.437 e. The number of benzene rings is 1. The lowest BCUT2D eigenvalue weighted by Crippen LogP contribution is -2.16. The van der Waals surface area contributed by atoms with E-state index in [-0.39, 0.29) is 16.5 Å². The van der Waals surface area contributed by atoms with Crippen LogP contribution in [0.25, 0.3) is 0 Å². The first-order valence-electron chi connectivity index (χ1n) is 7.65. The third-order valence-corrected chi connectivity index (χ3v) is 3.74. The van der Waals surface area contributed by atoms with Crippen molar-refractivity contribution in [2.45, 2.75) is 6.18 Å². The number of rotatable bonds is 4. The van der Waals surface area contributed by atoms with E-state index >= 15 is 0 Å². The molecule has 1 aromatic carbocycles. The number of nitrogens with zero attached hydrogens (tertiary/aromatic N) is 2. The van der Waals surface area contributed by atoms with Crippen LogP contribution in [0.5, 0.6) is 11.6 Å². The highest BCUT2D eigenvalue weighted by atomic mass is 35.5. The van der Waals surface area contributed by atoms with E-state index in [9.17, 15) is 22.4 Å². The number of hydrogen-bond donors (Lipinski definition) is 1. The van der Waals surface area contributed by atoms with Crippen LogP contribution in [0.15, 0.2) is 55.0 Å². The van der Waals surface area contributed by atoms with Crippen LogP contribution in [-0.2, 0) is 6.18 Å². The van der Waals surface area contributed by atoms with Gasteiger partial charge in [-0.2, -0.15) is 13.2 Å². The Balaban J connectivity index is 2.00. The van der Waals surface area contributed by atoms with Crippen LogP contribution < -0.4 is 10.1 Å². The zero-order valence-corrected chi connectivity index (χ0v) is 14.6. The van der Waals surface area contributed by atoms with Crippen LogP contribution in [0.2, 0.25) is 5.02 Å². The van der Waals surface area contributed by atoms with Crippen molar-refractivity contribution in [1.82, 2.24) is 9.97 Å². The van der Waals surface area contributed by atoms with E-state index in [2.05, 4.69) is 15.3 Å². The SMILES string of the molecule is O=C(Nc1cccnc1)c1cc(C(F)(F)F)cnc1Oc1ccc(F)cc1Cl. The molecule has 0 aliphatic carbocycles. The molecule has 0 radical (unpaired) electrons. The van der Waals surface area contributed by atoms with Crippen LogP contribution in [-0.4, -0.2) is 15.9 Å². The first-order chi connectivity index (χ1) is 13.2. The maximum atomic E-state index is 13.2. The molecule has 1 amide bonds. The molecule has 144 valence electrons. The van der Waals surface area contributed by atoms with Gasteiger partial charge in [0, 0.05) is 12.4 Å². The third kappa shape index (κ3) is 4.55. The molecule has 0 bridgehead atoms. The molecule has 2 aromatic heterocycles. The summed E-state index contributed by atoms with van der Waals surface area (Å²) in [5.74, 6) is -2.04. The van der Waals surface area contributed by atoms with Gasteiger partial charge in [0.15, 0.2) is 0 Å². The summed E-state index contributed by atoms with van der Waals surface area (Å²) in [4.78, 5) is 19.9. The average molecular weight is 412 g/mol. The van der Waals surface area contributed by atoms with E-state index in [0.717, 1.165) is 12.1 Å². The summed E-state index contributed by atoms with van der Waals surface area (Å²) in [5, 5.41) is 2.27. The number of amides is 1. The van der Waals surface area contributed by atoms with Gasteiger partial charge in [0.25, 0.3) is 5.91 Å². The number of hydrogen-bond acceptors (Lipinski definition) is 4. The van der Waals surface area contributed by atoms with Crippen molar-refractivity contribution < 1.29 is 27.1 Å². The van der Waals surface area contributed by atoms with Gasteiger partial charge in [0.1, 0.15) is 17.1 Å². The second-order valence-electron chi connectivity index (χ2n) is 5.45. The monoisotopic (exact) mass is 411 g/mol. The summed E-state index contributed by atoms with van der Waals surface area (Å²) in [7, 11) is 0. The zero-order chi connectivity index (χ0) is 20.3. The van der Waals surface area contributed by atoms with Crippen LogP contribution in [0.1, 0.15) is 15.9 Å². The van der Waals surface area contributed by atoms with Crippen molar-refractivity contribution in [3.05, 3.63) is 77.0 Å². The minimum atomic E-state index is -4.72. The molecule has 0 aliphatic heterocycles. The molecule has 0 aliphatic rings. The van der Waals surface area contributed by atoms with Crippen molar-refractivity contribution >= 4 is 23.2 Å². The summed E-state index contributed by atoms with van der Waals surface area (Å²) in [5.41, 5.74) is -1.36. The quantitative estimate of drug-likeness (QED) is 0.589. The third-order valence-electron chi connectivity index (χ3n) is 3.44. The lowest BCUT2D eigenvalue weighted by Gasteiger charge is -2.14. The number of alkyl halides is 3. The number of ether oxygens (including phenoxy) is 1. The van der Waals surface area contributed by atoms with Crippen LogP contribution >= 0.6 is 11.6 Å². The molecule has 28 heavy (non-hydrogen) atoms. The normalized spacial score (nSPS) is 11.2. The van der Waals surface area contributed by atoms with Crippen LogP contribution in [0.4, 0.5) is 23.2 Å². The average Bonchev–Trinajstić information content (AvgIpc) is 2.64. The summed E-state index contributed by atoms with van der Waals surface area (Å²) in [6.45, 7) is 0. The summed E-state index contributed by atoms with van der Waals surface area (Å²) >= 11 is 5.86. The maximum absolute atomic E-state index is 13.2. The van der Waals surface area contributed by atoms with Gasteiger partial charge in [-0.05, 0) is 36.4 Å². The predicted molar refractivity (Wildman–Crippen MR) is 92.9 cm³/mol. The Kier molecular flexibility index (Phi) is 5.46. The van der Waals surface area contributed by atoms with Crippen molar-refractivity contribution in [3.63, 3.8) is 0 Å². The van der Waals surface area contributed by atoms with Gasteiger partial charge in [-0.3, -0.25) is 9.78 Å². The van der Waals surface area contributed by atoms with Gasteiger partial charge >= 0.3 is 6.18 Å². The molecule has 0 saturated carbocycles. The van der Waals surface area contributed by atoms with Gasteiger partial charge in [0.2, 0.25) is 5.88 Å². The maximum Gasteiger partial charge on any atom is 0.417 e. The number of aromatic nitrogens is 2. The van der Waals surface area contributed by atoms with E-state index in [1.165, 1.54) is 30.6 Å². The molecule has 10 heteroatoms. The molecule has 3 aromatic rings. The fourth-order valence-electron chi connectivity index (χ4n) is 2.15. The Bertz CT molecular complexity index is 1010. The summed E-state index contributed by atoms with van der Waals surface area (Å²) in [6, 6.07) is 6.81. The highest BCUT2D eigenvalue weighted by Crippen LogP contribution is 2.34. The van der Waals surface area contributed by atoms with E-state index < -0.39 is 34.9 Å². The largest absolute Gasteiger partial charge is 0.437 e. The molecular weight excluding hydrogens is 402 g/mol. The number of anilines is 1. The van der Waals surface area contributed by atoms with Crippen molar-refractivity contribution in [2.24, 2.45) is 0 Å². The number of carbonyl (C=O) groups is 1. The van der Waals surface area contributed by atoms with Crippen molar-refractivity contribution in [3.8, 4) is 11.6 Å². The molecule has 0 saturated heterocycles. The fourth-order valence-corrected chi connectivity index (χ4v) is 2.35. The Morgan fingerprint density at radius 2 is 1.93 bits per heavy atom. The highest BCUT2D eigenvalue weighted by Gasteiger charge is 2.33. The molecule has 0 spiro atoms. The Labute approximate surface area is 161 Å². The van der Waals surface area contributed by atoms with Gasteiger partial charge in [-0.25, -0.2) is 9.37 Å². The number of halogens is 5. The Morgan fingerprint density at radius 3 is 2.57 bits per heavy atom. The smallest absolute Gasteiger partial charge is 0.417 e. The lowest BCUT2D eigenvalue weighted by atomic mass is 10.1. The zero-order valence-electron chi connectivity index (χ0n) is 13.8. The molecule has 3 rings (SSSR count). The first kappa shape index (κ1) is 19.6. The molecule has 0 fully saturated rings. The standard InChI is InChI=1S/C18H10ClF4N3O2/c19-14-7-11(20)3-4-15(14)28-17-13(6-10(8-25-17)18(21,22)23)16(27)26-12-2-1-5-24-9-12/h1-9H,(H,26,27). The molecule has 1 N–H and O–H groups in total. The number of carbonyl (C=O) groups excluding carboxylic acids is 1. The van der Waals surface area contributed by atoms with E-state index in [0.29, 0.717) is 12.3 Å². The summed E-state index contributed by atoms with van der Waals surface area (Å²) < 4.78 is 57.7. The van der Waals surface area contributed by atoms with Gasteiger partial charge in [0.05, 0.1) is 22.5 Å². The van der Waals surface area contributed by atoms with Crippen molar-refractivity contribution in [1.29, 1.82) is 0 Å². The second-order valence-corrected chi connectivity index (χ2v) is 5.85. The fraction of sp³-hybridized carbons (Fsp3) is 0.0556. The van der Waals surface area contributed by atoms with Crippen LogP contribution in [0.3, 0.4) is 0 Å². The van der Waals surface area contributed by atoms with E-state index in [4.69, 9.17) is 16.3 Å². The molecule has 0 unspecified atom stereocenters. The van der Waals surface area contributed by atoms with Crippen LogP contribution in [0, 0.1) is 5.82 Å². The highest BCUT2D eigenvalue weighted by molar-refractivity contribution is 6.32. The Hall–Kier alpha value is -3.20. The second kappa shape index (κ2) is 7.81. The molecular formula is C18H10ClF4N3O2.